The summed E-state index contributed by atoms with van der Waals surface area (Å²) in [7, 11) is 0.453. The van der Waals surface area contributed by atoms with Crippen LogP contribution in [0.15, 0.2) is 36.5 Å². The molecule has 9 heteroatoms. The minimum atomic E-state index is -1.19. The van der Waals surface area contributed by atoms with E-state index >= 15 is 0 Å². The number of benzene rings is 1. The number of nitrogens with zero attached hydrogens (tertiary/aromatic N) is 4. The minimum Gasteiger partial charge on any atom is -0.497 e. The van der Waals surface area contributed by atoms with E-state index in [1.165, 1.54) is 0 Å². The number of aromatic nitrogens is 2. The van der Waals surface area contributed by atoms with Crippen molar-refractivity contribution in [2.45, 2.75) is 39.0 Å². The Kier molecular flexibility index (Phi) is 7.96. The fourth-order valence-corrected chi connectivity index (χ4v) is 4.75. The highest BCUT2D eigenvalue weighted by atomic mass is 28.3. The van der Waals surface area contributed by atoms with Gasteiger partial charge in [-0.05, 0) is 29.8 Å². The monoisotopic (exact) mass is 494 g/mol. The maximum Gasteiger partial charge on any atom is 0.150 e. The van der Waals surface area contributed by atoms with Gasteiger partial charge in [-0.2, -0.15) is 5.26 Å². The third-order valence-electron chi connectivity index (χ3n) is 6.07. The van der Waals surface area contributed by atoms with Gasteiger partial charge >= 0.3 is 0 Å². The highest BCUT2D eigenvalue weighted by molar-refractivity contribution is 6.76. The maximum absolute atomic E-state index is 9.78. The van der Waals surface area contributed by atoms with Crippen molar-refractivity contribution in [1.29, 1.82) is 5.26 Å². The number of ether oxygens (including phenoxy) is 4. The minimum absolute atomic E-state index is 0.336. The molecule has 3 aromatic rings. The summed E-state index contributed by atoms with van der Waals surface area (Å²) in [5, 5.41) is 10.6. The summed E-state index contributed by atoms with van der Waals surface area (Å²) in [5.74, 6) is 2.34. The molecule has 1 aliphatic rings. The maximum atomic E-state index is 9.78. The van der Waals surface area contributed by atoms with E-state index in [0.717, 1.165) is 53.9 Å². The van der Waals surface area contributed by atoms with Gasteiger partial charge < -0.3 is 23.8 Å². The number of methoxy groups -OCH3 is 1. The summed E-state index contributed by atoms with van der Waals surface area (Å²) in [6.45, 7) is 11.4. The molecule has 0 unspecified atom stereocenters. The topological polar surface area (TPSA) is 81.8 Å². The van der Waals surface area contributed by atoms with Gasteiger partial charge in [0.1, 0.15) is 47.9 Å². The SMILES string of the molecule is COc1ccc(COc2c(C#N)cnc3c2cc(N2CCOCC2)n3COCC[Si](C)(C)C)cc1. The van der Waals surface area contributed by atoms with Gasteiger partial charge in [0.25, 0.3) is 0 Å². The van der Waals surface area contributed by atoms with Crippen LogP contribution in [0.4, 0.5) is 5.82 Å². The number of morpholine rings is 1. The predicted octanol–water partition coefficient (Wildman–Crippen LogP) is 4.64. The van der Waals surface area contributed by atoms with Crippen molar-refractivity contribution in [2.24, 2.45) is 0 Å². The standard InChI is InChI=1S/C26H34N4O4Si/c1-31-22-7-5-20(6-8-22)18-34-25-21(16-27)17-28-26-23(25)15-24(29-9-11-32-12-10-29)30(26)19-33-13-14-35(2,3)4/h5-8,15,17H,9-14,18-19H2,1-4H3. The molecule has 186 valence electrons. The molecule has 1 saturated heterocycles. The van der Waals surface area contributed by atoms with Crippen LogP contribution in [0.1, 0.15) is 11.1 Å². The van der Waals surface area contributed by atoms with E-state index in [4.69, 9.17) is 18.9 Å². The van der Waals surface area contributed by atoms with Crippen LogP contribution >= 0.6 is 0 Å². The lowest BCUT2D eigenvalue weighted by atomic mass is 10.2. The first-order valence-corrected chi connectivity index (χ1v) is 15.7. The van der Waals surface area contributed by atoms with Crippen molar-refractivity contribution in [3.63, 3.8) is 0 Å². The highest BCUT2D eigenvalue weighted by Crippen LogP contribution is 2.35. The average molecular weight is 495 g/mol. The van der Waals surface area contributed by atoms with Crippen LogP contribution < -0.4 is 14.4 Å². The summed E-state index contributed by atoms with van der Waals surface area (Å²) in [5.41, 5.74) is 2.15. The quantitative estimate of drug-likeness (QED) is 0.300. The van der Waals surface area contributed by atoms with Gasteiger partial charge in [-0.1, -0.05) is 31.8 Å². The third-order valence-corrected chi connectivity index (χ3v) is 7.77. The molecule has 0 saturated carbocycles. The molecular weight excluding hydrogens is 460 g/mol. The van der Waals surface area contributed by atoms with Crippen molar-refractivity contribution in [2.75, 3.05) is 44.9 Å². The first-order valence-electron chi connectivity index (χ1n) is 12.0. The Hall–Kier alpha value is -3.06. The Morgan fingerprint density at radius 3 is 2.54 bits per heavy atom. The van der Waals surface area contributed by atoms with Crippen molar-refractivity contribution < 1.29 is 18.9 Å². The number of anilines is 1. The van der Waals surface area contributed by atoms with Gasteiger partial charge in [-0.15, -0.1) is 0 Å². The molecule has 4 rings (SSSR count). The van der Waals surface area contributed by atoms with Gasteiger partial charge in [0, 0.05) is 27.8 Å². The lowest BCUT2D eigenvalue weighted by molar-refractivity contribution is 0.0884. The van der Waals surface area contributed by atoms with Gasteiger partial charge in [0.05, 0.1) is 31.9 Å². The second-order valence-electron chi connectivity index (χ2n) is 9.86. The van der Waals surface area contributed by atoms with Crippen LogP contribution in [0.2, 0.25) is 25.7 Å². The van der Waals surface area contributed by atoms with E-state index in [2.05, 4.69) is 46.2 Å². The number of hydrogen-bond acceptors (Lipinski definition) is 7. The van der Waals surface area contributed by atoms with Crippen molar-refractivity contribution in [1.82, 2.24) is 9.55 Å². The Morgan fingerprint density at radius 2 is 1.89 bits per heavy atom. The molecule has 1 fully saturated rings. The second-order valence-corrected chi connectivity index (χ2v) is 15.5. The zero-order valence-corrected chi connectivity index (χ0v) is 22.0. The molecule has 0 N–H and O–H groups in total. The largest absolute Gasteiger partial charge is 0.497 e. The van der Waals surface area contributed by atoms with E-state index in [9.17, 15) is 5.26 Å². The molecule has 0 amide bonds. The predicted molar refractivity (Wildman–Crippen MR) is 139 cm³/mol. The Labute approximate surface area is 208 Å². The smallest absolute Gasteiger partial charge is 0.150 e. The number of pyridine rings is 1. The lowest BCUT2D eigenvalue weighted by Gasteiger charge is -2.29. The third kappa shape index (κ3) is 6.14. The average Bonchev–Trinajstić information content (AvgIpc) is 3.24. The number of rotatable bonds is 10. The number of nitriles is 1. The van der Waals surface area contributed by atoms with Gasteiger partial charge in [0.2, 0.25) is 0 Å². The fourth-order valence-electron chi connectivity index (χ4n) is 3.99. The Balaban J connectivity index is 1.66. The second kappa shape index (κ2) is 11.1. The van der Waals surface area contributed by atoms with E-state index < -0.39 is 8.07 Å². The first kappa shape index (κ1) is 25.0. The zero-order valence-electron chi connectivity index (χ0n) is 21.0. The summed E-state index contributed by atoms with van der Waals surface area (Å²) < 4.78 is 25.3. The summed E-state index contributed by atoms with van der Waals surface area (Å²) in [6.07, 6.45) is 1.59. The van der Waals surface area contributed by atoms with Crippen LogP contribution in [-0.4, -0.2) is 57.6 Å². The van der Waals surface area contributed by atoms with Crippen LogP contribution in [0, 0.1) is 11.3 Å². The van der Waals surface area contributed by atoms with Gasteiger partial charge in [-0.25, -0.2) is 4.98 Å². The normalized spacial score (nSPS) is 14.2. The van der Waals surface area contributed by atoms with Crippen molar-refractivity contribution >= 4 is 24.9 Å². The van der Waals surface area contributed by atoms with Crippen molar-refractivity contribution in [3.8, 4) is 17.6 Å². The summed E-state index contributed by atoms with van der Waals surface area (Å²) >= 11 is 0. The molecule has 35 heavy (non-hydrogen) atoms. The first-order chi connectivity index (χ1) is 16.9. The lowest BCUT2D eigenvalue weighted by Crippen LogP contribution is -2.37. The van der Waals surface area contributed by atoms with Crippen molar-refractivity contribution in [3.05, 3.63) is 47.7 Å². The van der Waals surface area contributed by atoms with Gasteiger partial charge in [0.15, 0.2) is 0 Å². The van der Waals surface area contributed by atoms with Gasteiger partial charge in [-0.3, -0.25) is 4.57 Å². The molecule has 0 atom stereocenters. The molecule has 0 radical (unpaired) electrons. The molecular formula is C26H34N4O4Si. The highest BCUT2D eigenvalue weighted by Gasteiger charge is 2.23. The molecule has 2 aromatic heterocycles. The molecule has 8 nitrogen and oxygen atoms in total. The van der Waals surface area contributed by atoms with E-state index in [0.29, 0.717) is 37.9 Å². The van der Waals surface area contributed by atoms with Crippen LogP contribution in [0.25, 0.3) is 11.0 Å². The van der Waals surface area contributed by atoms with Crippen LogP contribution in [0.5, 0.6) is 11.5 Å². The zero-order chi connectivity index (χ0) is 24.8. The Morgan fingerprint density at radius 1 is 1.14 bits per heavy atom. The van der Waals surface area contributed by atoms with E-state index in [1.54, 1.807) is 13.3 Å². The van der Waals surface area contributed by atoms with Crippen LogP contribution in [-0.2, 0) is 22.8 Å². The number of hydrogen-bond donors (Lipinski definition) is 0. The fraction of sp³-hybridized carbons (Fsp3) is 0.462. The Bertz CT molecular complexity index is 1180. The molecule has 0 spiro atoms. The van der Waals surface area contributed by atoms with E-state index in [-0.39, 0.29) is 0 Å². The molecule has 0 bridgehead atoms. The molecule has 0 aliphatic carbocycles. The molecule has 1 aromatic carbocycles. The molecule has 1 aliphatic heterocycles. The molecule has 3 heterocycles. The number of fused-ring (bicyclic) bond motifs is 1. The summed E-state index contributed by atoms with van der Waals surface area (Å²) in [6, 6.07) is 13.1. The van der Waals surface area contributed by atoms with E-state index in [1.807, 2.05) is 24.3 Å². The van der Waals surface area contributed by atoms with Crippen LogP contribution in [0.3, 0.4) is 0 Å². The summed E-state index contributed by atoms with van der Waals surface area (Å²) in [4.78, 5) is 6.93.